The lowest BCUT2D eigenvalue weighted by molar-refractivity contribution is -0.128. The van der Waals surface area contributed by atoms with Gasteiger partial charge in [-0.05, 0) is 27.7 Å². The molecule has 0 fully saturated rings. The van der Waals surface area contributed by atoms with E-state index < -0.39 is 29.3 Å². The van der Waals surface area contributed by atoms with Crippen molar-refractivity contribution in [3.8, 4) is 0 Å². The maximum Gasteiger partial charge on any atom is 0.276 e. The van der Waals surface area contributed by atoms with Crippen LogP contribution in [0.15, 0.2) is 45.8 Å². The number of hydrogen-bond donors (Lipinski definition) is 2. The van der Waals surface area contributed by atoms with E-state index >= 15 is 0 Å². The monoisotopic (exact) mass is 316 g/mol. The Labute approximate surface area is 134 Å². The Morgan fingerprint density at radius 3 is 2.57 bits per heavy atom. The van der Waals surface area contributed by atoms with E-state index in [0.717, 1.165) is 0 Å². The van der Waals surface area contributed by atoms with E-state index in [2.05, 4.69) is 20.9 Å². The Morgan fingerprint density at radius 1 is 1.22 bits per heavy atom. The molecule has 23 heavy (non-hydrogen) atoms. The molecule has 122 valence electrons. The summed E-state index contributed by atoms with van der Waals surface area (Å²) in [7, 11) is 0. The van der Waals surface area contributed by atoms with Crippen LogP contribution in [-0.2, 0) is 14.4 Å². The molecule has 0 saturated heterocycles. The lowest BCUT2D eigenvalue weighted by atomic mass is 9.91. The second kappa shape index (κ2) is 6.28. The smallest absolute Gasteiger partial charge is 0.276 e. The van der Waals surface area contributed by atoms with Crippen molar-refractivity contribution in [1.29, 1.82) is 0 Å². The Bertz CT molecular complexity index is 665. The molecule has 0 aromatic heterocycles. The first kappa shape index (κ1) is 16.8. The van der Waals surface area contributed by atoms with E-state index in [1.54, 1.807) is 31.2 Å². The van der Waals surface area contributed by atoms with Crippen LogP contribution < -0.4 is 10.6 Å². The fourth-order valence-electron chi connectivity index (χ4n) is 2.19. The largest absolute Gasteiger partial charge is 0.350 e. The molecule has 2 atom stereocenters. The van der Waals surface area contributed by atoms with Gasteiger partial charge in [0.1, 0.15) is 6.04 Å². The maximum absolute atomic E-state index is 12.4. The second-order valence-electron chi connectivity index (χ2n) is 6.50. The molecule has 7 heteroatoms. The van der Waals surface area contributed by atoms with Gasteiger partial charge in [0.05, 0.1) is 5.92 Å². The zero-order valence-corrected chi connectivity index (χ0v) is 13.6. The van der Waals surface area contributed by atoms with Crippen molar-refractivity contribution in [2.75, 3.05) is 0 Å². The fourth-order valence-corrected chi connectivity index (χ4v) is 2.19. The Morgan fingerprint density at radius 2 is 1.91 bits per heavy atom. The van der Waals surface area contributed by atoms with Crippen LogP contribution in [-0.4, -0.2) is 29.3 Å². The molecular formula is C16H20N4O3. The van der Waals surface area contributed by atoms with E-state index in [4.69, 9.17) is 0 Å². The predicted molar refractivity (Wildman–Crippen MR) is 84.2 cm³/mol. The van der Waals surface area contributed by atoms with Gasteiger partial charge in [0, 0.05) is 11.1 Å². The van der Waals surface area contributed by atoms with Crippen LogP contribution >= 0.6 is 0 Å². The lowest BCUT2D eigenvalue weighted by Gasteiger charge is -2.24. The van der Waals surface area contributed by atoms with Crippen molar-refractivity contribution >= 4 is 17.7 Å². The Balaban J connectivity index is 2.13. The number of allylic oxidation sites excluding steroid dienone is 3. The van der Waals surface area contributed by atoms with Gasteiger partial charge in [0.15, 0.2) is 5.70 Å². The Hall–Kier alpha value is -2.57. The molecular weight excluding hydrogens is 296 g/mol. The third-order valence-electron chi connectivity index (χ3n) is 3.27. The Kier molecular flexibility index (Phi) is 4.58. The fraction of sp³-hybridized carbons (Fsp3) is 0.438. The molecule has 7 nitrogen and oxygen atoms in total. The van der Waals surface area contributed by atoms with Crippen LogP contribution in [0.1, 0.15) is 27.7 Å². The van der Waals surface area contributed by atoms with E-state index in [-0.39, 0.29) is 11.6 Å². The zero-order valence-electron chi connectivity index (χ0n) is 13.6. The predicted octanol–water partition coefficient (Wildman–Crippen LogP) is 1.39. The van der Waals surface area contributed by atoms with E-state index in [9.17, 15) is 14.4 Å². The lowest BCUT2D eigenvalue weighted by Crippen LogP contribution is -2.51. The summed E-state index contributed by atoms with van der Waals surface area (Å²) >= 11 is 0. The molecule has 0 spiro atoms. The molecule has 1 aliphatic carbocycles. The number of azo groups is 1. The van der Waals surface area contributed by atoms with Gasteiger partial charge in [-0.2, -0.15) is 0 Å². The highest BCUT2D eigenvalue weighted by atomic mass is 16.2. The van der Waals surface area contributed by atoms with E-state index in [1.165, 1.54) is 0 Å². The van der Waals surface area contributed by atoms with Crippen molar-refractivity contribution < 1.29 is 14.4 Å². The average molecular weight is 316 g/mol. The molecule has 3 amide bonds. The first-order valence-corrected chi connectivity index (χ1v) is 7.36. The SMILES string of the molecule is CC(NC(=O)C1=C2C=CC=CC2C(=O)N=N1)C(=O)NC(C)(C)C. The third kappa shape index (κ3) is 4.00. The van der Waals surface area contributed by atoms with Crippen molar-refractivity contribution in [3.63, 3.8) is 0 Å². The minimum absolute atomic E-state index is 0.0607. The first-order valence-electron chi connectivity index (χ1n) is 7.36. The minimum Gasteiger partial charge on any atom is -0.350 e. The highest BCUT2D eigenvalue weighted by molar-refractivity contribution is 6.00. The van der Waals surface area contributed by atoms with Crippen LogP contribution in [0.3, 0.4) is 0 Å². The first-order chi connectivity index (χ1) is 10.7. The molecule has 0 radical (unpaired) electrons. The van der Waals surface area contributed by atoms with Gasteiger partial charge < -0.3 is 10.6 Å². The number of carbonyl (C=O) groups excluding carboxylic acids is 3. The topological polar surface area (TPSA) is 100.0 Å². The molecule has 0 aromatic rings. The quantitative estimate of drug-likeness (QED) is 0.823. The standard InChI is InChI=1S/C16H20N4O3/c1-9(13(21)18-16(2,3)4)17-15(23)12-10-7-5-6-8-11(10)14(22)20-19-12/h5-9,11H,1-4H3,(H,17,23)(H,18,21). The molecule has 1 aliphatic heterocycles. The van der Waals surface area contributed by atoms with Crippen LogP contribution in [0.5, 0.6) is 0 Å². The molecule has 2 aliphatic rings. The van der Waals surface area contributed by atoms with Crippen molar-refractivity contribution in [2.45, 2.75) is 39.3 Å². The van der Waals surface area contributed by atoms with Gasteiger partial charge in [-0.15, -0.1) is 10.2 Å². The molecule has 0 saturated carbocycles. The van der Waals surface area contributed by atoms with Gasteiger partial charge in [0.25, 0.3) is 11.8 Å². The summed E-state index contributed by atoms with van der Waals surface area (Å²) in [6.45, 7) is 7.15. The van der Waals surface area contributed by atoms with Gasteiger partial charge in [-0.3, -0.25) is 14.4 Å². The average Bonchev–Trinajstić information content (AvgIpc) is 2.46. The third-order valence-corrected chi connectivity index (χ3v) is 3.27. The van der Waals surface area contributed by atoms with E-state index in [0.29, 0.717) is 5.57 Å². The van der Waals surface area contributed by atoms with Crippen molar-refractivity contribution in [3.05, 3.63) is 35.6 Å². The second-order valence-corrected chi connectivity index (χ2v) is 6.50. The number of amides is 3. The van der Waals surface area contributed by atoms with Gasteiger partial charge in [0.2, 0.25) is 5.91 Å². The van der Waals surface area contributed by atoms with Crippen LogP contribution in [0.25, 0.3) is 0 Å². The van der Waals surface area contributed by atoms with E-state index in [1.807, 2.05) is 20.8 Å². The summed E-state index contributed by atoms with van der Waals surface area (Å²) in [6.07, 6.45) is 6.78. The summed E-state index contributed by atoms with van der Waals surface area (Å²) < 4.78 is 0. The summed E-state index contributed by atoms with van der Waals surface area (Å²) in [5, 5.41) is 12.6. The number of hydrogen-bond acceptors (Lipinski definition) is 4. The maximum atomic E-state index is 12.4. The van der Waals surface area contributed by atoms with Crippen molar-refractivity contribution in [2.24, 2.45) is 16.1 Å². The highest BCUT2D eigenvalue weighted by Gasteiger charge is 2.31. The molecule has 2 rings (SSSR count). The van der Waals surface area contributed by atoms with Gasteiger partial charge in [-0.25, -0.2) is 0 Å². The van der Waals surface area contributed by atoms with Crippen LogP contribution in [0, 0.1) is 5.92 Å². The van der Waals surface area contributed by atoms with Gasteiger partial charge >= 0.3 is 0 Å². The minimum atomic E-state index is -0.732. The zero-order chi connectivity index (χ0) is 17.2. The van der Waals surface area contributed by atoms with Crippen LogP contribution in [0.4, 0.5) is 0 Å². The number of carbonyl (C=O) groups is 3. The van der Waals surface area contributed by atoms with Gasteiger partial charge in [-0.1, -0.05) is 24.3 Å². The number of fused-ring (bicyclic) bond motifs is 1. The molecule has 1 heterocycles. The molecule has 2 N–H and O–H groups in total. The van der Waals surface area contributed by atoms with Crippen LogP contribution in [0.2, 0.25) is 0 Å². The molecule has 0 aromatic carbocycles. The highest BCUT2D eigenvalue weighted by Crippen LogP contribution is 2.28. The van der Waals surface area contributed by atoms with Crippen molar-refractivity contribution in [1.82, 2.24) is 10.6 Å². The number of rotatable bonds is 3. The summed E-state index contributed by atoms with van der Waals surface area (Å²) in [5.41, 5.74) is 0.163. The normalized spacial score (nSPS) is 21.0. The number of nitrogens with zero attached hydrogens (tertiary/aromatic N) is 2. The molecule has 0 bridgehead atoms. The molecule has 2 unspecified atom stereocenters. The summed E-state index contributed by atoms with van der Waals surface area (Å²) in [5.74, 6) is -1.82. The summed E-state index contributed by atoms with van der Waals surface area (Å²) in [4.78, 5) is 36.1. The number of nitrogens with one attached hydrogen (secondary N) is 2. The summed E-state index contributed by atoms with van der Waals surface area (Å²) in [6, 6.07) is -0.732.